The minimum absolute atomic E-state index is 0.0190. The van der Waals surface area contributed by atoms with Crippen LogP contribution in [0.25, 0.3) is 0 Å². The van der Waals surface area contributed by atoms with Crippen molar-refractivity contribution < 1.29 is 42.7 Å². The van der Waals surface area contributed by atoms with E-state index in [0.717, 1.165) is 44.9 Å². The number of hydrogen-bond acceptors (Lipinski definition) is 8. The van der Waals surface area contributed by atoms with E-state index in [4.69, 9.17) is 29.4 Å². The van der Waals surface area contributed by atoms with Gasteiger partial charge in [-0.25, -0.2) is 4.57 Å². The Morgan fingerprint density at radius 2 is 1.04 bits per heavy atom. The molecule has 0 aromatic rings. The fourth-order valence-corrected chi connectivity index (χ4v) is 6.65. The minimum Gasteiger partial charge on any atom is -0.480 e. The Kier molecular flexibility index (Phi) is 37.6. The zero-order chi connectivity index (χ0) is 39.1. The van der Waals surface area contributed by atoms with Gasteiger partial charge in [0.1, 0.15) is 12.1 Å². The fraction of sp³-hybridized carbons (Fsp3) is 0.857. The molecule has 3 unspecified atom stereocenters. The Labute approximate surface area is 324 Å². The molecule has 0 aliphatic rings. The number of nitrogens with two attached hydrogens (primary N) is 1. The molecule has 0 spiro atoms. The maximum Gasteiger partial charge on any atom is 0.472 e. The van der Waals surface area contributed by atoms with Crippen molar-refractivity contribution in [3.05, 3.63) is 24.3 Å². The normalized spacial score (nSPS) is 14.2. The highest BCUT2D eigenvalue weighted by Crippen LogP contribution is 2.43. The molecule has 0 fully saturated rings. The first-order valence-corrected chi connectivity index (χ1v) is 22.9. The molecular weight excluding hydrogens is 693 g/mol. The molecule has 312 valence electrons. The number of allylic oxidation sites excluding steroid dienone is 4. The van der Waals surface area contributed by atoms with E-state index in [1.807, 2.05) is 0 Å². The summed E-state index contributed by atoms with van der Waals surface area (Å²) >= 11 is 0. The summed E-state index contributed by atoms with van der Waals surface area (Å²) in [6, 6.07) is -1.47. The molecule has 11 heteroatoms. The lowest BCUT2D eigenvalue weighted by Gasteiger charge is -2.20. The second-order valence-electron chi connectivity index (χ2n) is 14.5. The van der Waals surface area contributed by atoms with Gasteiger partial charge in [0.25, 0.3) is 0 Å². The summed E-state index contributed by atoms with van der Waals surface area (Å²) in [6.07, 6.45) is 41.0. The summed E-state index contributed by atoms with van der Waals surface area (Å²) in [5.41, 5.74) is 5.34. The second kappa shape index (κ2) is 38.7. The third-order valence-corrected chi connectivity index (χ3v) is 10.2. The van der Waals surface area contributed by atoms with E-state index in [1.165, 1.54) is 122 Å². The number of aliphatic carboxylic acids is 1. The highest BCUT2D eigenvalue weighted by Gasteiger charge is 2.27. The summed E-state index contributed by atoms with van der Waals surface area (Å²) in [5.74, 6) is -1.78. The minimum atomic E-state index is -4.60. The summed E-state index contributed by atoms with van der Waals surface area (Å²) in [5, 5.41) is 8.86. The Morgan fingerprint density at radius 3 is 1.53 bits per heavy atom. The van der Waals surface area contributed by atoms with Crippen molar-refractivity contribution in [3.8, 4) is 0 Å². The zero-order valence-electron chi connectivity index (χ0n) is 33.9. The van der Waals surface area contributed by atoms with Crippen molar-refractivity contribution in [1.82, 2.24) is 0 Å². The average Bonchev–Trinajstić information content (AvgIpc) is 3.13. The molecule has 3 atom stereocenters. The Morgan fingerprint density at radius 1 is 0.604 bits per heavy atom. The molecule has 0 heterocycles. The molecule has 10 nitrogen and oxygen atoms in total. The second-order valence-corrected chi connectivity index (χ2v) is 15.9. The molecule has 0 radical (unpaired) electrons. The van der Waals surface area contributed by atoms with E-state index in [2.05, 4.69) is 38.2 Å². The smallest absolute Gasteiger partial charge is 0.472 e. The van der Waals surface area contributed by atoms with Crippen LogP contribution >= 0.6 is 7.82 Å². The number of carboxylic acid groups (broad SMARTS) is 1. The van der Waals surface area contributed by atoms with E-state index in [9.17, 15) is 19.0 Å². The predicted octanol–water partition coefficient (Wildman–Crippen LogP) is 11.5. The van der Waals surface area contributed by atoms with Gasteiger partial charge in [0, 0.05) is 13.0 Å². The fourth-order valence-electron chi connectivity index (χ4n) is 5.87. The van der Waals surface area contributed by atoms with Gasteiger partial charge in [-0.3, -0.25) is 18.6 Å². The van der Waals surface area contributed by atoms with Crippen LogP contribution in [0, 0.1) is 0 Å². The van der Waals surface area contributed by atoms with Gasteiger partial charge in [0.05, 0.1) is 19.8 Å². The standard InChI is InChI=1S/C42H80NO9P/c1-3-5-7-9-11-13-14-15-16-17-18-19-20-21-22-23-24-25-26-27-28-30-32-34-41(44)52-39(36-49-35-33-31-29-12-10-8-6-4-2)37-50-53(47,48)51-38-40(43)42(45)46/h14-15,17-18,39-40H,3-13,16,19-38,43H2,1-2H3,(H,45,46)(H,47,48)/b15-14-,18-17-. The SMILES string of the molecule is CCCCCCC/C=C\C/C=C\CCCCCCCCCCCCCC(=O)OC(COCCCCCCCCCC)COP(=O)(O)OCC(N)C(=O)O. The van der Waals surface area contributed by atoms with Crippen LogP contribution in [0.4, 0.5) is 0 Å². The average molecular weight is 774 g/mol. The maximum atomic E-state index is 12.6. The van der Waals surface area contributed by atoms with Crippen LogP contribution in [0.5, 0.6) is 0 Å². The molecule has 0 rings (SSSR count). The van der Waals surface area contributed by atoms with Gasteiger partial charge in [-0.15, -0.1) is 0 Å². The first kappa shape index (κ1) is 51.5. The van der Waals surface area contributed by atoms with Gasteiger partial charge in [-0.1, -0.05) is 167 Å². The quantitative estimate of drug-likeness (QED) is 0.0237. The summed E-state index contributed by atoms with van der Waals surface area (Å²) < 4.78 is 33.2. The number of phosphoric ester groups is 1. The van der Waals surface area contributed by atoms with Crippen LogP contribution in [-0.4, -0.2) is 60.5 Å². The molecule has 53 heavy (non-hydrogen) atoms. The number of rotatable bonds is 41. The number of unbranched alkanes of at least 4 members (excludes halogenated alkanes) is 23. The highest BCUT2D eigenvalue weighted by molar-refractivity contribution is 7.47. The van der Waals surface area contributed by atoms with Crippen molar-refractivity contribution in [2.45, 2.75) is 206 Å². The molecule has 0 aliphatic heterocycles. The van der Waals surface area contributed by atoms with Gasteiger partial charge >= 0.3 is 19.8 Å². The molecule has 0 amide bonds. The van der Waals surface area contributed by atoms with Crippen LogP contribution in [-0.2, 0) is 32.7 Å². The Balaban J connectivity index is 4.07. The van der Waals surface area contributed by atoms with Crippen molar-refractivity contribution in [3.63, 3.8) is 0 Å². The molecule has 4 N–H and O–H groups in total. The number of ether oxygens (including phenoxy) is 2. The molecule has 0 aromatic carbocycles. The molecular formula is C42H80NO9P. The molecule has 0 aliphatic carbocycles. The van der Waals surface area contributed by atoms with E-state index in [-0.39, 0.29) is 13.0 Å². The van der Waals surface area contributed by atoms with Crippen LogP contribution in [0.15, 0.2) is 24.3 Å². The van der Waals surface area contributed by atoms with Crippen molar-refractivity contribution in [2.24, 2.45) is 5.73 Å². The number of carbonyl (C=O) groups excluding carboxylic acids is 1. The monoisotopic (exact) mass is 774 g/mol. The first-order chi connectivity index (χ1) is 25.7. The summed E-state index contributed by atoms with van der Waals surface area (Å²) in [4.78, 5) is 33.4. The van der Waals surface area contributed by atoms with Gasteiger partial charge in [0.15, 0.2) is 0 Å². The third-order valence-electron chi connectivity index (χ3n) is 9.23. The number of hydrogen-bond donors (Lipinski definition) is 3. The number of phosphoric acid groups is 1. The lowest BCUT2D eigenvalue weighted by Crippen LogP contribution is -2.34. The lowest BCUT2D eigenvalue weighted by atomic mass is 10.0. The number of carbonyl (C=O) groups is 2. The van der Waals surface area contributed by atoms with E-state index >= 15 is 0 Å². The largest absolute Gasteiger partial charge is 0.480 e. The molecule has 0 bridgehead atoms. The van der Waals surface area contributed by atoms with E-state index in [0.29, 0.717) is 13.0 Å². The predicted molar refractivity (Wildman–Crippen MR) is 217 cm³/mol. The number of esters is 1. The van der Waals surface area contributed by atoms with Gasteiger partial charge in [0.2, 0.25) is 0 Å². The Hall–Kier alpha value is -1.55. The topological polar surface area (TPSA) is 155 Å². The number of carboxylic acids is 1. The van der Waals surface area contributed by atoms with Crippen LogP contribution in [0.1, 0.15) is 194 Å². The van der Waals surface area contributed by atoms with Gasteiger partial charge in [-0.05, 0) is 44.9 Å². The lowest BCUT2D eigenvalue weighted by molar-refractivity contribution is -0.154. The van der Waals surface area contributed by atoms with Crippen molar-refractivity contribution in [1.29, 1.82) is 0 Å². The summed E-state index contributed by atoms with van der Waals surface area (Å²) in [7, 11) is -4.60. The summed E-state index contributed by atoms with van der Waals surface area (Å²) in [6.45, 7) is 3.85. The van der Waals surface area contributed by atoms with Crippen LogP contribution in [0.2, 0.25) is 0 Å². The van der Waals surface area contributed by atoms with Crippen LogP contribution in [0.3, 0.4) is 0 Å². The van der Waals surface area contributed by atoms with E-state index < -0.39 is 45.1 Å². The zero-order valence-corrected chi connectivity index (χ0v) is 34.8. The van der Waals surface area contributed by atoms with Gasteiger partial charge in [-0.2, -0.15) is 0 Å². The Bertz CT molecular complexity index is 946. The molecule has 0 saturated carbocycles. The van der Waals surface area contributed by atoms with Gasteiger partial charge < -0.3 is 25.2 Å². The first-order valence-electron chi connectivity index (χ1n) is 21.4. The highest BCUT2D eigenvalue weighted by atomic mass is 31.2. The van der Waals surface area contributed by atoms with E-state index in [1.54, 1.807) is 0 Å². The van der Waals surface area contributed by atoms with Crippen molar-refractivity contribution >= 4 is 19.8 Å². The maximum absolute atomic E-state index is 12.6. The molecule has 0 aromatic heterocycles. The van der Waals surface area contributed by atoms with Crippen molar-refractivity contribution in [2.75, 3.05) is 26.4 Å². The third kappa shape index (κ3) is 38.5. The van der Waals surface area contributed by atoms with Crippen LogP contribution < -0.4 is 5.73 Å². The molecule has 0 saturated heterocycles.